The molecular formula is C27H34O. The van der Waals surface area contributed by atoms with Gasteiger partial charge in [-0.15, -0.1) is 0 Å². The van der Waals surface area contributed by atoms with Crippen molar-refractivity contribution in [1.29, 1.82) is 0 Å². The van der Waals surface area contributed by atoms with Gasteiger partial charge in [-0.25, -0.2) is 0 Å². The van der Waals surface area contributed by atoms with Gasteiger partial charge in [0.1, 0.15) is 5.75 Å². The summed E-state index contributed by atoms with van der Waals surface area (Å²) in [6.07, 6.45) is 10.2. The minimum atomic E-state index is 0.590. The van der Waals surface area contributed by atoms with E-state index in [4.69, 9.17) is 4.74 Å². The smallest absolute Gasteiger partial charge is 0.119 e. The second-order valence-corrected chi connectivity index (χ2v) is 8.05. The summed E-state index contributed by atoms with van der Waals surface area (Å²) in [6, 6.07) is 17.1. The molecule has 0 amide bonds. The number of benzene rings is 2. The van der Waals surface area contributed by atoms with Crippen LogP contribution >= 0.6 is 0 Å². The molecule has 3 rings (SSSR count). The van der Waals surface area contributed by atoms with E-state index in [9.17, 15) is 0 Å². The van der Waals surface area contributed by atoms with E-state index in [0.717, 1.165) is 30.3 Å². The van der Waals surface area contributed by atoms with Crippen LogP contribution in [0.3, 0.4) is 0 Å². The molecule has 2 aromatic carbocycles. The first-order valence-electron chi connectivity index (χ1n) is 11.1. The fraction of sp³-hybridized carbons (Fsp3) is 0.481. The Bertz CT molecular complexity index is 753. The SMILES string of the molecule is CCCCCOc1ccc(-c2ccc(C#C[C@H]3CC[C@H](CC)CC3)cc2)cc1. The lowest BCUT2D eigenvalue weighted by molar-refractivity contribution is 0.306. The fourth-order valence-electron chi connectivity index (χ4n) is 3.93. The molecule has 1 saturated carbocycles. The van der Waals surface area contributed by atoms with Gasteiger partial charge in [0.05, 0.1) is 6.61 Å². The molecule has 0 bridgehead atoms. The van der Waals surface area contributed by atoms with E-state index in [1.54, 1.807) is 0 Å². The highest BCUT2D eigenvalue weighted by atomic mass is 16.5. The summed E-state index contributed by atoms with van der Waals surface area (Å²) < 4.78 is 5.80. The van der Waals surface area contributed by atoms with Crippen LogP contribution in [-0.2, 0) is 0 Å². The maximum atomic E-state index is 5.80. The summed E-state index contributed by atoms with van der Waals surface area (Å²) in [5.74, 6) is 9.39. The second kappa shape index (κ2) is 11.0. The minimum absolute atomic E-state index is 0.590. The Morgan fingerprint density at radius 3 is 2.07 bits per heavy atom. The standard InChI is InChI=1S/C27H34O/c1-3-5-6-21-28-27-19-17-26(18-20-27)25-15-13-24(14-16-25)12-11-23-9-7-22(4-2)8-10-23/h13-20,22-23H,3-10,21H2,1-2H3/t22-,23-. The average molecular weight is 375 g/mol. The summed E-state index contributed by atoms with van der Waals surface area (Å²) in [7, 11) is 0. The van der Waals surface area contributed by atoms with Crippen LogP contribution in [-0.4, -0.2) is 6.61 Å². The molecule has 1 fully saturated rings. The van der Waals surface area contributed by atoms with Crippen molar-refractivity contribution in [2.24, 2.45) is 11.8 Å². The maximum absolute atomic E-state index is 5.80. The molecule has 0 aliphatic heterocycles. The van der Waals surface area contributed by atoms with Crippen LogP contribution < -0.4 is 4.74 Å². The summed E-state index contributed by atoms with van der Waals surface area (Å²) in [6.45, 7) is 5.33. The van der Waals surface area contributed by atoms with Crippen molar-refractivity contribution in [3.8, 4) is 28.7 Å². The van der Waals surface area contributed by atoms with Gasteiger partial charge in [-0.3, -0.25) is 0 Å². The van der Waals surface area contributed by atoms with Crippen molar-refractivity contribution < 1.29 is 4.74 Å². The quantitative estimate of drug-likeness (QED) is 0.360. The number of hydrogen-bond acceptors (Lipinski definition) is 1. The number of ether oxygens (including phenoxy) is 1. The summed E-state index contributed by atoms with van der Waals surface area (Å²) in [5.41, 5.74) is 3.57. The van der Waals surface area contributed by atoms with Gasteiger partial charge >= 0.3 is 0 Å². The molecular weight excluding hydrogens is 340 g/mol. The minimum Gasteiger partial charge on any atom is -0.494 e. The summed E-state index contributed by atoms with van der Waals surface area (Å²) in [5, 5.41) is 0. The highest BCUT2D eigenvalue weighted by Gasteiger charge is 2.17. The molecule has 0 aromatic heterocycles. The molecule has 148 valence electrons. The van der Waals surface area contributed by atoms with Crippen molar-refractivity contribution in [2.75, 3.05) is 6.61 Å². The molecule has 0 saturated heterocycles. The van der Waals surface area contributed by atoms with Crippen molar-refractivity contribution in [1.82, 2.24) is 0 Å². The fourth-order valence-corrected chi connectivity index (χ4v) is 3.93. The lowest BCUT2D eigenvalue weighted by Crippen LogP contribution is -2.12. The summed E-state index contributed by atoms with van der Waals surface area (Å²) >= 11 is 0. The third-order valence-corrected chi connectivity index (χ3v) is 5.93. The lowest BCUT2D eigenvalue weighted by atomic mass is 9.81. The van der Waals surface area contributed by atoms with Gasteiger partial charge in [0.2, 0.25) is 0 Å². The molecule has 0 heterocycles. The molecule has 0 unspecified atom stereocenters. The van der Waals surface area contributed by atoms with E-state index >= 15 is 0 Å². The van der Waals surface area contributed by atoms with Crippen LogP contribution in [0.15, 0.2) is 48.5 Å². The third-order valence-electron chi connectivity index (χ3n) is 5.93. The van der Waals surface area contributed by atoms with Gasteiger partial charge < -0.3 is 4.74 Å². The van der Waals surface area contributed by atoms with E-state index in [1.165, 1.54) is 56.1 Å². The maximum Gasteiger partial charge on any atom is 0.119 e. The molecule has 28 heavy (non-hydrogen) atoms. The first-order chi connectivity index (χ1) is 13.8. The van der Waals surface area contributed by atoms with Crippen molar-refractivity contribution in [2.45, 2.75) is 65.2 Å². The normalized spacial score (nSPS) is 18.9. The third kappa shape index (κ3) is 6.16. The van der Waals surface area contributed by atoms with E-state index < -0.39 is 0 Å². The van der Waals surface area contributed by atoms with Crippen molar-refractivity contribution in [3.05, 3.63) is 54.1 Å². The zero-order valence-corrected chi connectivity index (χ0v) is 17.5. The Morgan fingerprint density at radius 1 is 0.821 bits per heavy atom. The molecule has 0 atom stereocenters. The Morgan fingerprint density at radius 2 is 1.46 bits per heavy atom. The predicted molar refractivity (Wildman–Crippen MR) is 120 cm³/mol. The largest absolute Gasteiger partial charge is 0.494 e. The highest BCUT2D eigenvalue weighted by molar-refractivity contribution is 5.65. The molecule has 1 aliphatic rings. The Hall–Kier alpha value is -2.20. The number of rotatable bonds is 7. The monoisotopic (exact) mass is 374 g/mol. The van der Waals surface area contributed by atoms with E-state index in [0.29, 0.717) is 5.92 Å². The topological polar surface area (TPSA) is 9.23 Å². The van der Waals surface area contributed by atoms with Crippen LogP contribution in [0.1, 0.15) is 70.8 Å². The lowest BCUT2D eigenvalue weighted by Gasteiger charge is -2.24. The van der Waals surface area contributed by atoms with Crippen LogP contribution in [0.5, 0.6) is 5.75 Å². The number of unbranched alkanes of at least 4 members (excludes halogenated alkanes) is 2. The highest BCUT2D eigenvalue weighted by Crippen LogP contribution is 2.30. The van der Waals surface area contributed by atoms with E-state index in [1.807, 2.05) is 0 Å². The van der Waals surface area contributed by atoms with Gasteiger partial charge in [-0.05, 0) is 73.4 Å². The molecule has 2 aromatic rings. The molecule has 1 heteroatoms. The molecule has 0 radical (unpaired) electrons. The number of hydrogen-bond donors (Lipinski definition) is 0. The molecule has 1 aliphatic carbocycles. The van der Waals surface area contributed by atoms with Crippen LogP contribution in [0.2, 0.25) is 0 Å². The second-order valence-electron chi connectivity index (χ2n) is 8.05. The van der Waals surface area contributed by atoms with Gasteiger partial charge in [0, 0.05) is 11.5 Å². The molecule has 0 spiro atoms. The molecule has 1 nitrogen and oxygen atoms in total. The van der Waals surface area contributed by atoms with Crippen molar-refractivity contribution >= 4 is 0 Å². The Labute approximate surface area is 171 Å². The van der Waals surface area contributed by atoms with E-state index in [2.05, 4.69) is 74.2 Å². The zero-order chi connectivity index (χ0) is 19.6. The van der Waals surface area contributed by atoms with Crippen LogP contribution in [0.4, 0.5) is 0 Å². The Kier molecular flexibility index (Phi) is 8.04. The van der Waals surface area contributed by atoms with Crippen LogP contribution in [0.25, 0.3) is 11.1 Å². The first kappa shape index (κ1) is 20.5. The Balaban J connectivity index is 1.54. The van der Waals surface area contributed by atoms with Gasteiger partial charge in [-0.1, -0.05) is 69.2 Å². The van der Waals surface area contributed by atoms with E-state index in [-0.39, 0.29) is 0 Å². The predicted octanol–water partition coefficient (Wildman–Crippen LogP) is 7.49. The van der Waals surface area contributed by atoms with Gasteiger partial charge in [0.15, 0.2) is 0 Å². The van der Waals surface area contributed by atoms with Gasteiger partial charge in [-0.2, -0.15) is 0 Å². The zero-order valence-electron chi connectivity index (χ0n) is 17.5. The van der Waals surface area contributed by atoms with Crippen LogP contribution in [0, 0.1) is 23.7 Å². The average Bonchev–Trinajstić information content (AvgIpc) is 2.76. The summed E-state index contributed by atoms with van der Waals surface area (Å²) in [4.78, 5) is 0. The van der Waals surface area contributed by atoms with Gasteiger partial charge in [0.25, 0.3) is 0 Å². The molecule has 0 N–H and O–H groups in total. The van der Waals surface area contributed by atoms with Crippen molar-refractivity contribution in [3.63, 3.8) is 0 Å². The first-order valence-corrected chi connectivity index (χ1v) is 11.1.